The molecule has 0 bridgehead atoms. The first-order chi connectivity index (χ1) is 10.8. The maximum atomic E-state index is 12.4. The normalized spacial score (nSPS) is 12.7. The second kappa shape index (κ2) is 8.15. The van der Waals surface area contributed by atoms with Crippen molar-refractivity contribution < 1.29 is 4.79 Å². The van der Waals surface area contributed by atoms with Crippen molar-refractivity contribution in [2.75, 3.05) is 0 Å². The van der Waals surface area contributed by atoms with Crippen LogP contribution >= 0.6 is 69.8 Å². The number of hydrogen-bond donors (Lipinski definition) is 1. The molecule has 1 heterocycles. The summed E-state index contributed by atoms with van der Waals surface area (Å²) >= 11 is 30.8. The summed E-state index contributed by atoms with van der Waals surface area (Å²) in [5, 5.41) is 3.02. The van der Waals surface area contributed by atoms with Gasteiger partial charge >= 0.3 is 0 Å². The lowest BCUT2D eigenvalue weighted by molar-refractivity contribution is 0.0950. The summed E-state index contributed by atoms with van der Waals surface area (Å²) in [5.41, 5.74) is 0.233. The quantitative estimate of drug-likeness (QED) is 0.390. The average Bonchev–Trinajstić information content (AvgIpc) is 2.46. The lowest BCUT2D eigenvalue weighted by Crippen LogP contribution is -2.41. The van der Waals surface area contributed by atoms with E-state index in [1.54, 1.807) is 30.5 Å². The fraction of sp³-hybridized carbons (Fsp3) is 0.143. The van der Waals surface area contributed by atoms with Crippen molar-refractivity contribution in [2.45, 2.75) is 14.2 Å². The van der Waals surface area contributed by atoms with Crippen LogP contribution in [0.3, 0.4) is 0 Å². The lowest BCUT2D eigenvalue weighted by atomic mass is 10.2. The average molecular weight is 431 g/mol. The number of thioether (sulfide) groups is 1. The number of nitrogens with zero attached hydrogens (tertiary/aromatic N) is 1. The molecule has 1 aromatic carbocycles. The van der Waals surface area contributed by atoms with Gasteiger partial charge in [0.2, 0.25) is 3.79 Å². The third kappa shape index (κ3) is 5.59. The molecule has 0 aliphatic rings. The fourth-order valence-corrected chi connectivity index (χ4v) is 3.46. The molecular formula is C14H9Cl5N2OS. The summed E-state index contributed by atoms with van der Waals surface area (Å²) in [5.74, 6) is -0.480. The largest absolute Gasteiger partial charge is 0.336 e. The van der Waals surface area contributed by atoms with Crippen LogP contribution in [0.2, 0.25) is 10.0 Å². The number of halogens is 5. The van der Waals surface area contributed by atoms with Gasteiger partial charge in [-0.15, -0.1) is 0 Å². The van der Waals surface area contributed by atoms with Gasteiger partial charge in [0.15, 0.2) is 0 Å². The van der Waals surface area contributed by atoms with Crippen molar-refractivity contribution in [3.8, 4) is 0 Å². The van der Waals surface area contributed by atoms with Crippen molar-refractivity contribution in [3.63, 3.8) is 0 Å². The third-order valence-corrected chi connectivity index (χ3v) is 5.39. The summed E-state index contributed by atoms with van der Waals surface area (Å²) in [6.45, 7) is 0. The predicted molar refractivity (Wildman–Crippen MR) is 98.1 cm³/mol. The van der Waals surface area contributed by atoms with E-state index in [9.17, 15) is 4.79 Å². The Morgan fingerprint density at radius 3 is 2.48 bits per heavy atom. The molecule has 1 amide bonds. The Morgan fingerprint density at radius 2 is 1.91 bits per heavy atom. The van der Waals surface area contributed by atoms with E-state index in [-0.39, 0.29) is 10.6 Å². The van der Waals surface area contributed by atoms with E-state index in [0.717, 1.165) is 11.8 Å². The molecule has 0 spiro atoms. The lowest BCUT2D eigenvalue weighted by Gasteiger charge is -2.24. The SMILES string of the molecule is O=C(NC(Sc1ccccn1)C(Cl)(Cl)Cl)c1ccc(Cl)cc1Cl. The Morgan fingerprint density at radius 1 is 1.17 bits per heavy atom. The van der Waals surface area contributed by atoms with Crippen molar-refractivity contribution >= 4 is 75.7 Å². The van der Waals surface area contributed by atoms with Crippen LogP contribution < -0.4 is 5.32 Å². The Hall–Kier alpha value is -0.360. The highest BCUT2D eigenvalue weighted by Crippen LogP contribution is 2.39. The van der Waals surface area contributed by atoms with Crippen molar-refractivity contribution in [3.05, 3.63) is 58.2 Å². The number of carbonyl (C=O) groups excluding carboxylic acids is 1. The van der Waals surface area contributed by atoms with Crippen LogP contribution in [0, 0.1) is 0 Å². The van der Waals surface area contributed by atoms with E-state index in [0.29, 0.717) is 10.0 Å². The molecule has 23 heavy (non-hydrogen) atoms. The van der Waals surface area contributed by atoms with E-state index < -0.39 is 15.1 Å². The van der Waals surface area contributed by atoms with Gasteiger partial charge in [-0.1, -0.05) is 75.8 Å². The van der Waals surface area contributed by atoms with Crippen LogP contribution in [0.4, 0.5) is 0 Å². The molecule has 122 valence electrons. The summed E-state index contributed by atoms with van der Waals surface area (Å²) in [4.78, 5) is 16.5. The minimum absolute atomic E-state index is 0.209. The highest BCUT2D eigenvalue weighted by atomic mass is 35.6. The van der Waals surface area contributed by atoms with Gasteiger partial charge in [-0.3, -0.25) is 4.79 Å². The number of pyridine rings is 1. The Labute approximate surface area is 162 Å². The van der Waals surface area contributed by atoms with Gasteiger partial charge in [-0.2, -0.15) is 0 Å². The number of aromatic nitrogens is 1. The Bertz CT molecular complexity index is 693. The van der Waals surface area contributed by atoms with E-state index in [2.05, 4.69) is 10.3 Å². The summed E-state index contributed by atoms with van der Waals surface area (Å²) in [6, 6.07) is 9.83. The minimum atomic E-state index is -1.74. The van der Waals surface area contributed by atoms with E-state index in [4.69, 9.17) is 58.0 Å². The molecule has 0 radical (unpaired) electrons. The van der Waals surface area contributed by atoms with Gasteiger partial charge in [0.1, 0.15) is 5.37 Å². The molecule has 0 aliphatic heterocycles. The zero-order valence-electron chi connectivity index (χ0n) is 11.3. The highest BCUT2D eigenvalue weighted by molar-refractivity contribution is 8.00. The number of alkyl halides is 3. The molecular weight excluding hydrogens is 421 g/mol. The van der Waals surface area contributed by atoms with Crippen LogP contribution in [0.25, 0.3) is 0 Å². The first-order valence-electron chi connectivity index (χ1n) is 6.17. The van der Waals surface area contributed by atoms with Crippen LogP contribution in [-0.4, -0.2) is 20.1 Å². The Kier molecular flexibility index (Phi) is 6.72. The van der Waals surface area contributed by atoms with Crippen LogP contribution in [-0.2, 0) is 0 Å². The maximum Gasteiger partial charge on any atom is 0.253 e. The molecule has 3 nitrogen and oxygen atoms in total. The third-order valence-electron chi connectivity index (χ3n) is 2.61. The second-order valence-corrected chi connectivity index (χ2v) is 8.64. The molecule has 1 atom stereocenters. The minimum Gasteiger partial charge on any atom is -0.336 e. The highest BCUT2D eigenvalue weighted by Gasteiger charge is 2.35. The molecule has 0 fully saturated rings. The van der Waals surface area contributed by atoms with Crippen molar-refractivity contribution in [2.24, 2.45) is 0 Å². The molecule has 1 aromatic heterocycles. The molecule has 2 aromatic rings. The van der Waals surface area contributed by atoms with Crippen LogP contribution in [0.15, 0.2) is 47.6 Å². The van der Waals surface area contributed by atoms with Gasteiger partial charge in [0.05, 0.1) is 15.6 Å². The van der Waals surface area contributed by atoms with Gasteiger partial charge < -0.3 is 5.32 Å². The maximum absolute atomic E-state index is 12.4. The summed E-state index contributed by atoms with van der Waals surface area (Å²) < 4.78 is -1.74. The molecule has 1 N–H and O–H groups in total. The number of carbonyl (C=O) groups is 1. The fourth-order valence-electron chi connectivity index (χ4n) is 1.59. The van der Waals surface area contributed by atoms with Gasteiger partial charge in [0, 0.05) is 11.2 Å². The summed E-state index contributed by atoms with van der Waals surface area (Å²) in [7, 11) is 0. The number of hydrogen-bond acceptors (Lipinski definition) is 3. The predicted octanol–water partition coefficient (Wildman–Crippen LogP) is 5.61. The summed E-state index contributed by atoms with van der Waals surface area (Å²) in [6.07, 6.45) is 1.61. The molecule has 2 rings (SSSR count). The first kappa shape index (κ1) is 19.0. The molecule has 0 aliphatic carbocycles. The number of nitrogens with one attached hydrogen (secondary N) is 1. The zero-order chi connectivity index (χ0) is 17.0. The first-order valence-corrected chi connectivity index (χ1v) is 8.94. The standard InChI is InChI=1S/C14H9Cl5N2OS/c15-8-4-5-9(10(16)7-8)12(22)21-13(14(17,18)19)23-11-3-1-2-6-20-11/h1-7,13H,(H,21,22). The number of amides is 1. The van der Waals surface area contributed by atoms with Crippen LogP contribution in [0.5, 0.6) is 0 Å². The van der Waals surface area contributed by atoms with E-state index in [1.807, 2.05) is 0 Å². The van der Waals surface area contributed by atoms with E-state index >= 15 is 0 Å². The zero-order valence-corrected chi connectivity index (χ0v) is 15.9. The van der Waals surface area contributed by atoms with Gasteiger partial charge in [-0.05, 0) is 30.3 Å². The van der Waals surface area contributed by atoms with Gasteiger partial charge in [-0.25, -0.2) is 4.98 Å². The van der Waals surface area contributed by atoms with Crippen molar-refractivity contribution in [1.82, 2.24) is 10.3 Å². The molecule has 0 saturated heterocycles. The van der Waals surface area contributed by atoms with E-state index in [1.165, 1.54) is 12.1 Å². The monoisotopic (exact) mass is 428 g/mol. The molecule has 9 heteroatoms. The second-order valence-electron chi connectivity index (χ2n) is 4.31. The smallest absolute Gasteiger partial charge is 0.253 e. The van der Waals surface area contributed by atoms with Gasteiger partial charge in [0.25, 0.3) is 5.91 Å². The Balaban J connectivity index is 2.19. The van der Waals surface area contributed by atoms with Crippen molar-refractivity contribution in [1.29, 1.82) is 0 Å². The molecule has 1 unspecified atom stereocenters. The number of rotatable bonds is 4. The van der Waals surface area contributed by atoms with Crippen LogP contribution in [0.1, 0.15) is 10.4 Å². The number of benzene rings is 1. The topological polar surface area (TPSA) is 42.0 Å². The molecule has 0 saturated carbocycles.